The van der Waals surface area contributed by atoms with Crippen LogP contribution in [0.5, 0.6) is 0 Å². The van der Waals surface area contributed by atoms with Crippen LogP contribution in [-0.4, -0.2) is 42.2 Å². The van der Waals surface area contributed by atoms with Crippen LogP contribution >= 0.6 is 0 Å². The first-order chi connectivity index (χ1) is 10.5. The molecule has 0 spiro atoms. The van der Waals surface area contributed by atoms with Gasteiger partial charge in [-0.05, 0) is 44.0 Å². The van der Waals surface area contributed by atoms with Gasteiger partial charge in [-0.15, -0.1) is 0 Å². The minimum Gasteiger partial charge on any atom is -0.393 e. The van der Waals surface area contributed by atoms with Gasteiger partial charge in [0.05, 0.1) is 6.10 Å². The van der Waals surface area contributed by atoms with Gasteiger partial charge in [0.2, 0.25) is 5.91 Å². The molecule has 1 amide bonds. The Balaban J connectivity index is 1.71. The highest BCUT2D eigenvalue weighted by atomic mass is 19.1. The third kappa shape index (κ3) is 5.39. The van der Waals surface area contributed by atoms with Crippen LogP contribution in [-0.2, 0) is 4.79 Å². The first-order valence-electron chi connectivity index (χ1n) is 7.96. The Bertz CT molecular complexity index is 495. The van der Waals surface area contributed by atoms with E-state index in [1.807, 2.05) is 7.05 Å². The molecule has 1 aromatic rings. The molecule has 0 bridgehead atoms. The van der Waals surface area contributed by atoms with Crippen molar-refractivity contribution in [2.45, 2.75) is 38.2 Å². The predicted molar refractivity (Wildman–Crippen MR) is 85.1 cm³/mol. The van der Waals surface area contributed by atoms with Crippen molar-refractivity contribution in [1.29, 1.82) is 0 Å². The zero-order valence-electron chi connectivity index (χ0n) is 13.1. The first-order valence-corrected chi connectivity index (χ1v) is 7.96. The number of rotatable bonds is 6. The molecule has 0 aliphatic heterocycles. The maximum absolute atomic E-state index is 13.0. The fourth-order valence-electron chi connectivity index (χ4n) is 2.97. The van der Waals surface area contributed by atoms with Gasteiger partial charge in [0, 0.05) is 25.2 Å². The third-order valence-corrected chi connectivity index (χ3v) is 4.24. The number of carbonyl (C=O) groups is 1. The summed E-state index contributed by atoms with van der Waals surface area (Å²) >= 11 is 0. The molecule has 0 radical (unpaired) electrons. The Morgan fingerprint density at radius 1 is 1.41 bits per heavy atom. The molecule has 0 aromatic heterocycles. The van der Waals surface area contributed by atoms with Gasteiger partial charge in [-0.25, -0.2) is 4.39 Å². The van der Waals surface area contributed by atoms with E-state index in [-0.39, 0.29) is 17.8 Å². The molecule has 0 saturated heterocycles. The van der Waals surface area contributed by atoms with Crippen molar-refractivity contribution in [3.05, 3.63) is 30.1 Å². The number of carbonyl (C=O) groups excluding carboxylic acids is 1. The summed E-state index contributed by atoms with van der Waals surface area (Å²) in [5.74, 6) is -0.173. The van der Waals surface area contributed by atoms with Gasteiger partial charge >= 0.3 is 0 Å². The summed E-state index contributed by atoms with van der Waals surface area (Å²) < 4.78 is 13.0. The number of nitrogens with one attached hydrogen (secondary N) is 1. The number of amides is 1. The zero-order valence-corrected chi connectivity index (χ0v) is 13.1. The number of halogens is 1. The molecular formula is C17H25FN2O2. The Morgan fingerprint density at radius 2 is 2.18 bits per heavy atom. The van der Waals surface area contributed by atoms with Crippen molar-refractivity contribution in [3.8, 4) is 0 Å². The molecule has 1 saturated carbocycles. The van der Waals surface area contributed by atoms with Gasteiger partial charge in [0.1, 0.15) is 5.82 Å². The number of hydrogen-bond donors (Lipinski definition) is 2. The highest BCUT2D eigenvalue weighted by molar-refractivity contribution is 5.90. The van der Waals surface area contributed by atoms with E-state index in [4.69, 9.17) is 0 Å². The minimum atomic E-state index is -0.360. The maximum Gasteiger partial charge on any atom is 0.225 e. The largest absolute Gasteiger partial charge is 0.393 e. The van der Waals surface area contributed by atoms with Crippen molar-refractivity contribution in [2.24, 2.45) is 5.92 Å². The quantitative estimate of drug-likeness (QED) is 0.849. The highest BCUT2D eigenvalue weighted by Crippen LogP contribution is 2.24. The van der Waals surface area contributed by atoms with E-state index in [1.54, 1.807) is 12.1 Å². The van der Waals surface area contributed by atoms with E-state index < -0.39 is 0 Å². The molecule has 1 fully saturated rings. The first kappa shape index (κ1) is 16.9. The summed E-state index contributed by atoms with van der Waals surface area (Å²) in [5, 5.41) is 12.7. The topological polar surface area (TPSA) is 52.6 Å². The van der Waals surface area contributed by atoms with Gasteiger partial charge < -0.3 is 15.3 Å². The van der Waals surface area contributed by atoms with Gasteiger partial charge in [-0.1, -0.05) is 18.9 Å². The molecule has 1 aliphatic carbocycles. The summed E-state index contributed by atoms with van der Waals surface area (Å²) in [4.78, 5) is 14.0. The number of anilines is 1. The zero-order chi connectivity index (χ0) is 15.9. The molecule has 22 heavy (non-hydrogen) atoms. The van der Waals surface area contributed by atoms with Crippen molar-refractivity contribution in [3.63, 3.8) is 0 Å². The summed E-state index contributed by atoms with van der Waals surface area (Å²) in [6, 6.07) is 5.89. The van der Waals surface area contributed by atoms with Gasteiger partial charge in [-0.2, -0.15) is 0 Å². The number of aliphatic hydroxyl groups is 1. The molecule has 2 rings (SSSR count). The van der Waals surface area contributed by atoms with Crippen molar-refractivity contribution >= 4 is 11.6 Å². The molecule has 122 valence electrons. The van der Waals surface area contributed by atoms with E-state index in [0.717, 1.165) is 25.8 Å². The third-order valence-electron chi connectivity index (χ3n) is 4.24. The fraction of sp³-hybridized carbons (Fsp3) is 0.588. The van der Waals surface area contributed by atoms with E-state index in [1.165, 1.54) is 18.6 Å². The van der Waals surface area contributed by atoms with E-state index >= 15 is 0 Å². The monoisotopic (exact) mass is 308 g/mol. The van der Waals surface area contributed by atoms with Crippen molar-refractivity contribution < 1.29 is 14.3 Å². The lowest BCUT2D eigenvalue weighted by molar-refractivity contribution is -0.116. The minimum absolute atomic E-state index is 0.123. The Morgan fingerprint density at radius 3 is 2.91 bits per heavy atom. The SMILES string of the molecule is CN(CCC(=O)Nc1cccc(F)c1)C[C@@H]1CCCC[C@H]1O. The standard InChI is InChI=1S/C17H25FN2O2/c1-20(12-13-5-2-3-8-16(13)21)10-9-17(22)19-15-7-4-6-14(18)11-15/h4,6-7,11,13,16,21H,2-3,5,8-10,12H2,1H3,(H,19,22)/t13-,16+/m0/s1. The second-order valence-electron chi connectivity index (χ2n) is 6.18. The molecule has 4 nitrogen and oxygen atoms in total. The average molecular weight is 308 g/mol. The molecule has 0 heterocycles. The lowest BCUT2D eigenvalue weighted by Crippen LogP contribution is -2.36. The molecule has 1 aliphatic rings. The van der Waals surface area contributed by atoms with Crippen molar-refractivity contribution in [1.82, 2.24) is 4.90 Å². The molecule has 2 atom stereocenters. The van der Waals surface area contributed by atoms with E-state index in [9.17, 15) is 14.3 Å². The number of nitrogens with zero attached hydrogens (tertiary/aromatic N) is 1. The summed E-state index contributed by atoms with van der Waals surface area (Å²) in [6.07, 6.45) is 4.37. The van der Waals surface area contributed by atoms with Crippen molar-refractivity contribution in [2.75, 3.05) is 25.5 Å². The normalized spacial score (nSPS) is 21.8. The van der Waals surface area contributed by atoms with Crippen LogP contribution < -0.4 is 5.32 Å². The maximum atomic E-state index is 13.0. The second-order valence-corrected chi connectivity index (χ2v) is 6.18. The van der Waals surface area contributed by atoms with Crippen LogP contribution in [0, 0.1) is 11.7 Å². The molecule has 1 aromatic carbocycles. The number of hydrogen-bond acceptors (Lipinski definition) is 3. The molecule has 2 N–H and O–H groups in total. The second kappa shape index (κ2) is 8.25. The Hall–Kier alpha value is -1.46. The lowest BCUT2D eigenvalue weighted by Gasteiger charge is -2.31. The average Bonchev–Trinajstić information content (AvgIpc) is 2.48. The Labute approximate surface area is 131 Å². The summed E-state index contributed by atoms with van der Waals surface area (Å²) in [5.41, 5.74) is 0.482. The van der Waals surface area contributed by atoms with Crippen LogP contribution in [0.2, 0.25) is 0 Å². The van der Waals surface area contributed by atoms with Gasteiger partial charge in [-0.3, -0.25) is 4.79 Å². The molecular weight excluding hydrogens is 283 g/mol. The van der Waals surface area contributed by atoms with Gasteiger partial charge in [0.15, 0.2) is 0 Å². The number of benzene rings is 1. The summed E-state index contributed by atoms with van der Waals surface area (Å²) in [7, 11) is 1.97. The highest BCUT2D eigenvalue weighted by Gasteiger charge is 2.24. The smallest absolute Gasteiger partial charge is 0.225 e. The fourth-order valence-corrected chi connectivity index (χ4v) is 2.97. The van der Waals surface area contributed by atoms with E-state index in [2.05, 4.69) is 10.2 Å². The van der Waals surface area contributed by atoms with Crippen LogP contribution in [0.1, 0.15) is 32.1 Å². The van der Waals surface area contributed by atoms with Crippen LogP contribution in [0.3, 0.4) is 0 Å². The lowest BCUT2D eigenvalue weighted by atomic mass is 9.86. The number of aliphatic hydroxyl groups excluding tert-OH is 1. The van der Waals surface area contributed by atoms with E-state index in [0.29, 0.717) is 24.6 Å². The van der Waals surface area contributed by atoms with Crippen LogP contribution in [0.4, 0.5) is 10.1 Å². The molecule has 5 heteroatoms. The Kier molecular flexibility index (Phi) is 6.34. The van der Waals surface area contributed by atoms with Crippen LogP contribution in [0.15, 0.2) is 24.3 Å². The predicted octanol–water partition coefficient (Wildman–Crippen LogP) is 2.64. The summed E-state index contributed by atoms with van der Waals surface area (Å²) in [6.45, 7) is 1.44. The van der Waals surface area contributed by atoms with Crippen LogP contribution in [0.25, 0.3) is 0 Å². The van der Waals surface area contributed by atoms with Gasteiger partial charge in [0.25, 0.3) is 0 Å². The molecule has 0 unspecified atom stereocenters.